The van der Waals surface area contributed by atoms with Crippen LogP contribution in [0.15, 0.2) is 6.33 Å². The van der Waals surface area contributed by atoms with Crippen LogP contribution in [0.3, 0.4) is 0 Å². The van der Waals surface area contributed by atoms with Gasteiger partial charge in [0.1, 0.15) is 12.2 Å². The van der Waals surface area contributed by atoms with Crippen molar-refractivity contribution in [2.24, 2.45) is 5.41 Å². The third-order valence-corrected chi connectivity index (χ3v) is 4.66. The Morgan fingerprint density at radius 3 is 2.95 bits per heavy atom. The van der Waals surface area contributed by atoms with E-state index in [1.54, 1.807) is 6.33 Å². The van der Waals surface area contributed by atoms with E-state index in [0.29, 0.717) is 6.54 Å². The lowest BCUT2D eigenvalue weighted by molar-refractivity contribution is -0.150. The van der Waals surface area contributed by atoms with E-state index in [9.17, 15) is 4.79 Å². The van der Waals surface area contributed by atoms with Gasteiger partial charge in [-0.2, -0.15) is 5.10 Å². The maximum absolute atomic E-state index is 13.1. The van der Waals surface area contributed by atoms with E-state index in [1.165, 1.54) is 0 Å². The fourth-order valence-corrected chi connectivity index (χ4v) is 3.27. The topological polar surface area (TPSA) is 63.1 Å². The molecule has 1 aromatic heterocycles. The molecule has 2 aliphatic heterocycles. The second kappa shape index (κ2) is 4.55. The summed E-state index contributed by atoms with van der Waals surface area (Å²) < 4.78 is 1.89. The second-order valence-corrected chi connectivity index (χ2v) is 6.84. The zero-order valence-electron chi connectivity index (χ0n) is 12.5. The molecule has 1 unspecified atom stereocenters. The maximum atomic E-state index is 13.1. The minimum Gasteiger partial charge on any atom is -0.334 e. The summed E-state index contributed by atoms with van der Waals surface area (Å²) in [6.45, 7) is 9.47. The molecule has 110 valence electrons. The normalized spacial score (nSPS) is 29.1. The molecule has 20 heavy (non-hydrogen) atoms. The number of amides is 1. The summed E-state index contributed by atoms with van der Waals surface area (Å²) in [5.74, 6) is 1.25. The van der Waals surface area contributed by atoms with Crippen LogP contribution in [0, 0.1) is 5.41 Å². The Labute approximate surface area is 119 Å². The van der Waals surface area contributed by atoms with Crippen molar-refractivity contribution in [3.8, 4) is 0 Å². The van der Waals surface area contributed by atoms with Crippen molar-refractivity contribution >= 4 is 5.91 Å². The highest BCUT2D eigenvalue weighted by Crippen LogP contribution is 2.34. The molecule has 1 fully saturated rings. The first kappa shape index (κ1) is 13.5. The molecule has 1 saturated heterocycles. The summed E-state index contributed by atoms with van der Waals surface area (Å²) in [6.07, 6.45) is 3.26. The fraction of sp³-hybridized carbons (Fsp3) is 0.786. The Kier molecular flexibility index (Phi) is 3.08. The van der Waals surface area contributed by atoms with Crippen LogP contribution in [0.5, 0.6) is 0 Å². The predicted octanol–water partition coefficient (Wildman–Crippen LogP) is 0.441. The van der Waals surface area contributed by atoms with E-state index < -0.39 is 0 Å². The van der Waals surface area contributed by atoms with Crippen molar-refractivity contribution in [1.82, 2.24) is 25.0 Å². The summed E-state index contributed by atoms with van der Waals surface area (Å²) in [6, 6.07) is 0. The van der Waals surface area contributed by atoms with Gasteiger partial charge in [-0.15, -0.1) is 0 Å². The predicted molar refractivity (Wildman–Crippen MR) is 75.1 cm³/mol. The molecule has 2 aliphatic rings. The molecule has 1 amide bonds. The average Bonchev–Trinajstić information content (AvgIpc) is 2.84. The Bertz CT molecular complexity index is 523. The molecular formula is C14H23N5O. The molecule has 1 N–H and O–H groups in total. The number of carbonyl (C=O) groups excluding carboxylic acids is 1. The second-order valence-electron chi connectivity index (χ2n) is 6.84. The van der Waals surface area contributed by atoms with Gasteiger partial charge in [0.25, 0.3) is 0 Å². The zero-order chi connectivity index (χ0) is 14.4. The number of rotatable bonds is 1. The van der Waals surface area contributed by atoms with Crippen LogP contribution in [0.4, 0.5) is 0 Å². The highest BCUT2D eigenvalue weighted by Gasteiger charge is 2.44. The Hall–Kier alpha value is -1.43. The van der Waals surface area contributed by atoms with Crippen molar-refractivity contribution in [2.75, 3.05) is 19.6 Å². The number of carbonyl (C=O) groups is 1. The third kappa shape index (κ3) is 2.12. The van der Waals surface area contributed by atoms with Gasteiger partial charge in [0.2, 0.25) is 5.91 Å². The van der Waals surface area contributed by atoms with Crippen molar-refractivity contribution in [3.05, 3.63) is 12.2 Å². The summed E-state index contributed by atoms with van der Waals surface area (Å²) in [5.41, 5.74) is -0.490. The molecule has 3 heterocycles. The molecular weight excluding hydrogens is 254 g/mol. The first-order valence-corrected chi connectivity index (χ1v) is 7.32. The number of nitrogens with one attached hydrogen (secondary N) is 1. The SMILES string of the molecule is CC1(C(=O)N2CCNCC2(C)C)CCc2ncnn2C1. The first-order valence-electron chi connectivity index (χ1n) is 7.32. The number of piperazine rings is 1. The fourth-order valence-electron chi connectivity index (χ4n) is 3.27. The molecule has 0 radical (unpaired) electrons. The largest absolute Gasteiger partial charge is 0.334 e. The highest BCUT2D eigenvalue weighted by molar-refractivity contribution is 5.83. The van der Waals surface area contributed by atoms with Gasteiger partial charge in [-0.05, 0) is 27.2 Å². The van der Waals surface area contributed by atoms with Gasteiger partial charge >= 0.3 is 0 Å². The maximum Gasteiger partial charge on any atom is 0.230 e. The van der Waals surface area contributed by atoms with E-state index in [4.69, 9.17) is 0 Å². The minimum absolute atomic E-state index is 0.124. The van der Waals surface area contributed by atoms with E-state index >= 15 is 0 Å². The third-order valence-electron chi connectivity index (χ3n) is 4.66. The molecule has 6 heteroatoms. The van der Waals surface area contributed by atoms with Crippen LogP contribution < -0.4 is 5.32 Å². The Morgan fingerprint density at radius 2 is 2.20 bits per heavy atom. The standard InChI is InChI=1S/C14H23N5O/c1-13(2)8-15-6-7-18(13)12(20)14(3)5-4-11-16-10-17-19(11)9-14/h10,15H,4-9H2,1-3H3. The molecule has 0 aromatic carbocycles. The van der Waals surface area contributed by atoms with E-state index in [2.05, 4.69) is 36.2 Å². The number of aryl methyl sites for hydroxylation is 1. The molecule has 1 atom stereocenters. The van der Waals surface area contributed by atoms with Crippen molar-refractivity contribution in [3.63, 3.8) is 0 Å². The molecule has 0 aliphatic carbocycles. The van der Waals surface area contributed by atoms with Gasteiger partial charge in [-0.3, -0.25) is 4.79 Å². The van der Waals surface area contributed by atoms with E-state index in [-0.39, 0.29) is 16.9 Å². The van der Waals surface area contributed by atoms with Crippen LogP contribution in [0.1, 0.15) is 33.0 Å². The van der Waals surface area contributed by atoms with Crippen molar-refractivity contribution in [2.45, 2.75) is 45.7 Å². The zero-order valence-corrected chi connectivity index (χ0v) is 12.5. The van der Waals surface area contributed by atoms with Gasteiger partial charge in [0.15, 0.2) is 0 Å². The summed E-state index contributed by atoms with van der Waals surface area (Å²) in [7, 11) is 0. The smallest absolute Gasteiger partial charge is 0.230 e. The molecule has 0 spiro atoms. The number of hydrogen-bond acceptors (Lipinski definition) is 4. The summed E-state index contributed by atoms with van der Waals surface area (Å²) in [4.78, 5) is 19.3. The van der Waals surface area contributed by atoms with Gasteiger partial charge in [-0.1, -0.05) is 0 Å². The lowest BCUT2D eigenvalue weighted by Gasteiger charge is -2.47. The van der Waals surface area contributed by atoms with Gasteiger partial charge < -0.3 is 10.2 Å². The highest BCUT2D eigenvalue weighted by atomic mass is 16.2. The summed E-state index contributed by atoms with van der Waals surface area (Å²) >= 11 is 0. The van der Waals surface area contributed by atoms with E-state index in [0.717, 1.165) is 38.3 Å². The number of nitrogens with zero attached hydrogens (tertiary/aromatic N) is 4. The van der Waals surface area contributed by atoms with Crippen LogP contribution >= 0.6 is 0 Å². The lowest BCUT2D eigenvalue weighted by Crippen LogP contribution is -2.63. The lowest BCUT2D eigenvalue weighted by atomic mass is 9.80. The van der Waals surface area contributed by atoms with Crippen molar-refractivity contribution < 1.29 is 4.79 Å². The van der Waals surface area contributed by atoms with Crippen LogP contribution in [0.25, 0.3) is 0 Å². The molecule has 3 rings (SSSR count). The quantitative estimate of drug-likeness (QED) is 0.809. The van der Waals surface area contributed by atoms with Gasteiger partial charge in [-0.25, -0.2) is 9.67 Å². The molecule has 1 aromatic rings. The monoisotopic (exact) mass is 277 g/mol. The minimum atomic E-state index is -0.366. The van der Waals surface area contributed by atoms with Crippen LogP contribution in [0.2, 0.25) is 0 Å². The van der Waals surface area contributed by atoms with Gasteiger partial charge in [0, 0.05) is 31.6 Å². The molecule has 0 saturated carbocycles. The summed E-state index contributed by atoms with van der Waals surface area (Å²) in [5, 5.41) is 7.60. The Balaban J connectivity index is 1.83. The first-order chi connectivity index (χ1) is 9.42. The van der Waals surface area contributed by atoms with E-state index in [1.807, 2.05) is 9.58 Å². The van der Waals surface area contributed by atoms with Crippen LogP contribution in [-0.4, -0.2) is 50.7 Å². The number of aromatic nitrogens is 3. The molecule has 6 nitrogen and oxygen atoms in total. The molecule has 0 bridgehead atoms. The number of fused-ring (bicyclic) bond motifs is 1. The average molecular weight is 277 g/mol. The van der Waals surface area contributed by atoms with Crippen molar-refractivity contribution in [1.29, 1.82) is 0 Å². The number of hydrogen-bond donors (Lipinski definition) is 1. The van der Waals surface area contributed by atoms with Crippen LogP contribution in [-0.2, 0) is 17.8 Å². The Morgan fingerprint density at radius 1 is 1.40 bits per heavy atom. The van der Waals surface area contributed by atoms with Gasteiger partial charge in [0.05, 0.1) is 12.0 Å².